The van der Waals surface area contributed by atoms with Crippen molar-refractivity contribution in [3.8, 4) is 0 Å². The van der Waals surface area contributed by atoms with Crippen LogP contribution in [0.1, 0.15) is 363 Å². The van der Waals surface area contributed by atoms with E-state index in [4.69, 9.17) is 37.0 Å². The Morgan fingerprint density at radius 2 is 0.511 bits per heavy atom. The molecule has 0 aromatic rings. The molecule has 0 saturated carbocycles. The molecule has 0 heterocycles. The van der Waals surface area contributed by atoms with Crippen LogP contribution in [0.25, 0.3) is 0 Å². The Balaban J connectivity index is 5.13. The van der Waals surface area contributed by atoms with Crippen LogP contribution < -0.4 is 0 Å². The predicted octanol–water partition coefficient (Wildman–Crippen LogP) is 20.4. The molecule has 0 spiro atoms. The Morgan fingerprint density at radius 1 is 0.300 bits per heavy atom. The zero-order valence-electron chi connectivity index (χ0n) is 58.4. The summed E-state index contributed by atoms with van der Waals surface area (Å²) in [5, 5.41) is 10.6. The number of rotatable bonds is 70. The summed E-state index contributed by atoms with van der Waals surface area (Å²) in [6.45, 7) is 9.50. The van der Waals surface area contributed by atoms with E-state index in [0.717, 1.165) is 108 Å². The molecule has 0 rings (SSSR count). The monoisotopic (exact) mass is 1320 g/mol. The largest absolute Gasteiger partial charge is 0.472 e. The van der Waals surface area contributed by atoms with Gasteiger partial charge in [0.2, 0.25) is 0 Å². The molecule has 0 bridgehead atoms. The van der Waals surface area contributed by atoms with E-state index in [0.29, 0.717) is 25.7 Å². The van der Waals surface area contributed by atoms with E-state index in [1.54, 1.807) is 0 Å². The number of hydrogen-bond donors (Lipinski definition) is 3. The van der Waals surface area contributed by atoms with Crippen molar-refractivity contribution in [3.05, 3.63) is 0 Å². The lowest BCUT2D eigenvalue weighted by Gasteiger charge is -2.21. The smallest absolute Gasteiger partial charge is 0.462 e. The molecule has 0 fully saturated rings. The van der Waals surface area contributed by atoms with Crippen molar-refractivity contribution in [1.82, 2.24) is 0 Å². The molecular weight excluding hydrogens is 1190 g/mol. The Morgan fingerprint density at radius 3 is 0.756 bits per heavy atom. The quantitative estimate of drug-likeness (QED) is 0.0222. The van der Waals surface area contributed by atoms with Crippen LogP contribution in [0.15, 0.2) is 0 Å². The Labute approximate surface area is 549 Å². The number of aliphatic hydroxyl groups is 1. The molecule has 0 aromatic carbocycles. The Hall–Kier alpha value is -1.94. The molecule has 5 atom stereocenters. The van der Waals surface area contributed by atoms with Crippen LogP contribution in [0, 0.1) is 11.8 Å². The van der Waals surface area contributed by atoms with Crippen LogP contribution in [-0.4, -0.2) is 96.7 Å². The predicted molar refractivity (Wildman–Crippen MR) is 363 cm³/mol. The standard InChI is InChI=1S/C71H138O17P2/c1-7-9-11-13-14-29-37-43-49-55-70(75)87-66(59-81-68(73)53-47-39-12-10-8-2)61-85-89(77,78)83-57-65(72)58-84-90(79,80)86-62-67(88-71(76)56-50-44-38-33-28-24-20-16-18-22-26-31-35-41-46-52-64(5)6)60-82-69(74)54-48-42-36-32-27-23-19-15-17-21-25-30-34-40-45-51-63(3)4/h63-67,72H,7-62H2,1-6H3,(H,77,78)(H,79,80)/t65-,66+,67+/m0/s1. The van der Waals surface area contributed by atoms with Gasteiger partial charge in [0.1, 0.15) is 19.3 Å². The third-order valence-electron chi connectivity index (χ3n) is 16.5. The maximum absolute atomic E-state index is 13.0. The number of aliphatic hydroxyl groups excluding tert-OH is 1. The first-order valence-electron chi connectivity index (χ1n) is 37.0. The van der Waals surface area contributed by atoms with Gasteiger partial charge in [0.15, 0.2) is 12.2 Å². The SMILES string of the molecule is CCCCCCCCCCCC(=O)O[C@H](COC(=O)CCCCCCC)COP(=O)(O)OC[C@H](O)COP(=O)(O)OC[C@@H](COC(=O)CCCCCCCCCCCCCCCCCC(C)C)OC(=O)CCCCCCCCCCCCCCCCCC(C)C. The average Bonchev–Trinajstić information content (AvgIpc) is 3.72. The number of carbonyl (C=O) groups excluding carboxylic acids is 4. The van der Waals surface area contributed by atoms with Crippen molar-refractivity contribution in [2.24, 2.45) is 11.8 Å². The van der Waals surface area contributed by atoms with Crippen molar-refractivity contribution in [2.45, 2.75) is 381 Å². The summed E-state index contributed by atoms with van der Waals surface area (Å²) < 4.78 is 68.0. The first kappa shape index (κ1) is 88.1. The molecule has 0 aliphatic heterocycles. The first-order valence-corrected chi connectivity index (χ1v) is 40.0. The van der Waals surface area contributed by atoms with Gasteiger partial charge in [0, 0.05) is 25.7 Å². The van der Waals surface area contributed by atoms with E-state index in [1.165, 1.54) is 173 Å². The Kier molecular flexibility index (Phi) is 61.8. The molecular formula is C71H138O17P2. The number of esters is 4. The van der Waals surface area contributed by atoms with Crippen LogP contribution in [0.2, 0.25) is 0 Å². The second-order valence-electron chi connectivity index (χ2n) is 26.6. The summed E-state index contributed by atoms with van der Waals surface area (Å²) in [5.41, 5.74) is 0. The lowest BCUT2D eigenvalue weighted by atomic mass is 10.0. The van der Waals surface area contributed by atoms with Gasteiger partial charge in [-0.2, -0.15) is 0 Å². The summed E-state index contributed by atoms with van der Waals surface area (Å²) in [6, 6.07) is 0. The van der Waals surface area contributed by atoms with E-state index in [9.17, 15) is 43.2 Å². The fraction of sp³-hybridized carbons (Fsp3) is 0.944. The highest BCUT2D eigenvalue weighted by molar-refractivity contribution is 7.47. The highest BCUT2D eigenvalue weighted by Crippen LogP contribution is 2.45. The third kappa shape index (κ3) is 64.8. The van der Waals surface area contributed by atoms with Crippen LogP contribution in [0.4, 0.5) is 0 Å². The lowest BCUT2D eigenvalue weighted by molar-refractivity contribution is -0.161. The van der Waals surface area contributed by atoms with Crippen molar-refractivity contribution < 1.29 is 80.2 Å². The minimum atomic E-state index is -4.95. The van der Waals surface area contributed by atoms with Gasteiger partial charge in [-0.05, 0) is 37.5 Å². The maximum Gasteiger partial charge on any atom is 0.472 e. The molecule has 2 unspecified atom stereocenters. The minimum Gasteiger partial charge on any atom is -0.462 e. The van der Waals surface area contributed by atoms with Crippen molar-refractivity contribution >= 4 is 39.5 Å². The van der Waals surface area contributed by atoms with Gasteiger partial charge in [-0.15, -0.1) is 0 Å². The molecule has 0 radical (unpaired) electrons. The third-order valence-corrected chi connectivity index (χ3v) is 18.4. The minimum absolute atomic E-state index is 0.105. The molecule has 0 aliphatic carbocycles. The van der Waals surface area contributed by atoms with E-state index >= 15 is 0 Å². The van der Waals surface area contributed by atoms with E-state index in [2.05, 4.69) is 41.5 Å². The second-order valence-corrected chi connectivity index (χ2v) is 29.5. The lowest BCUT2D eigenvalue weighted by Crippen LogP contribution is -2.30. The summed E-state index contributed by atoms with van der Waals surface area (Å²) >= 11 is 0. The van der Waals surface area contributed by atoms with Gasteiger partial charge in [-0.3, -0.25) is 37.3 Å². The molecule has 0 aliphatic rings. The van der Waals surface area contributed by atoms with Gasteiger partial charge >= 0.3 is 39.5 Å². The molecule has 0 saturated heterocycles. The van der Waals surface area contributed by atoms with E-state index < -0.39 is 97.5 Å². The van der Waals surface area contributed by atoms with E-state index in [1.807, 2.05) is 0 Å². The molecule has 19 heteroatoms. The van der Waals surface area contributed by atoms with Gasteiger partial charge in [0.05, 0.1) is 26.4 Å². The van der Waals surface area contributed by atoms with Gasteiger partial charge in [-0.25, -0.2) is 9.13 Å². The molecule has 0 aromatic heterocycles. The summed E-state index contributed by atoms with van der Waals surface area (Å²) in [6.07, 6.45) is 49.0. The van der Waals surface area contributed by atoms with Crippen LogP contribution in [0.5, 0.6) is 0 Å². The molecule has 17 nitrogen and oxygen atoms in total. The van der Waals surface area contributed by atoms with Gasteiger partial charge in [0.25, 0.3) is 0 Å². The maximum atomic E-state index is 13.0. The van der Waals surface area contributed by atoms with Crippen LogP contribution in [0.3, 0.4) is 0 Å². The number of hydrogen-bond acceptors (Lipinski definition) is 15. The molecule has 534 valence electrons. The van der Waals surface area contributed by atoms with Gasteiger partial charge in [-0.1, -0.05) is 311 Å². The zero-order valence-corrected chi connectivity index (χ0v) is 60.2. The number of ether oxygens (including phenoxy) is 4. The highest BCUT2D eigenvalue weighted by Gasteiger charge is 2.30. The van der Waals surface area contributed by atoms with Crippen molar-refractivity contribution in [1.29, 1.82) is 0 Å². The summed E-state index contributed by atoms with van der Waals surface area (Å²) in [5.74, 6) is -0.526. The van der Waals surface area contributed by atoms with Gasteiger partial charge < -0.3 is 33.8 Å². The summed E-state index contributed by atoms with van der Waals surface area (Å²) in [7, 11) is -9.89. The topological polar surface area (TPSA) is 237 Å². The fourth-order valence-electron chi connectivity index (χ4n) is 10.8. The zero-order chi connectivity index (χ0) is 66.5. The first-order chi connectivity index (χ1) is 43.4. The average molecular weight is 1330 g/mol. The van der Waals surface area contributed by atoms with Crippen LogP contribution >= 0.6 is 15.6 Å². The number of phosphoric acid groups is 2. The second kappa shape index (κ2) is 63.1. The highest BCUT2D eigenvalue weighted by atomic mass is 31.2. The number of unbranched alkanes of at least 4 members (excludes halogenated alkanes) is 40. The number of carbonyl (C=O) groups is 4. The number of phosphoric ester groups is 2. The Bertz CT molecular complexity index is 1750. The molecule has 0 amide bonds. The summed E-state index contributed by atoms with van der Waals surface area (Å²) in [4.78, 5) is 72.2. The van der Waals surface area contributed by atoms with Crippen LogP contribution in [-0.2, 0) is 65.4 Å². The van der Waals surface area contributed by atoms with E-state index in [-0.39, 0.29) is 25.7 Å². The molecule has 90 heavy (non-hydrogen) atoms. The molecule has 3 N–H and O–H groups in total. The fourth-order valence-corrected chi connectivity index (χ4v) is 12.3. The normalized spacial score (nSPS) is 14.1. The van der Waals surface area contributed by atoms with Crippen molar-refractivity contribution in [2.75, 3.05) is 39.6 Å². The van der Waals surface area contributed by atoms with Crippen molar-refractivity contribution in [3.63, 3.8) is 0 Å².